The molecule has 0 radical (unpaired) electrons. The predicted octanol–water partition coefficient (Wildman–Crippen LogP) is 3.19. The summed E-state index contributed by atoms with van der Waals surface area (Å²) < 4.78 is 6.48. The van der Waals surface area contributed by atoms with Crippen LogP contribution in [0.3, 0.4) is 0 Å². The number of pyridine rings is 1. The van der Waals surface area contributed by atoms with Crippen LogP contribution in [0.15, 0.2) is 48.8 Å². The molecule has 1 atom stereocenters. The fourth-order valence-corrected chi connectivity index (χ4v) is 4.07. The summed E-state index contributed by atoms with van der Waals surface area (Å²) in [6, 6.07) is 11.6. The number of hydrogen-bond acceptors (Lipinski definition) is 4. The summed E-state index contributed by atoms with van der Waals surface area (Å²) in [5.74, 6) is 0.820. The molecule has 5 nitrogen and oxygen atoms in total. The van der Waals surface area contributed by atoms with E-state index in [0.29, 0.717) is 5.56 Å². The van der Waals surface area contributed by atoms with E-state index in [9.17, 15) is 4.79 Å². The van der Waals surface area contributed by atoms with Gasteiger partial charge in [0.25, 0.3) is 5.91 Å². The summed E-state index contributed by atoms with van der Waals surface area (Å²) >= 11 is 0. The number of likely N-dealkylation sites (tertiary alicyclic amines) is 1. The Morgan fingerprint density at radius 1 is 1.27 bits per heavy atom. The molecule has 1 amide bonds. The highest BCUT2D eigenvalue weighted by atomic mass is 16.5. The first kappa shape index (κ1) is 17.0. The van der Waals surface area contributed by atoms with Crippen LogP contribution in [0.2, 0.25) is 0 Å². The van der Waals surface area contributed by atoms with Crippen molar-refractivity contribution in [2.45, 2.75) is 37.8 Å². The van der Waals surface area contributed by atoms with Crippen LogP contribution in [0, 0.1) is 0 Å². The van der Waals surface area contributed by atoms with Crippen molar-refractivity contribution >= 4 is 5.91 Å². The van der Waals surface area contributed by atoms with Crippen molar-refractivity contribution in [3.05, 3.63) is 59.9 Å². The molecule has 0 saturated carbocycles. The van der Waals surface area contributed by atoms with Crippen molar-refractivity contribution in [1.29, 1.82) is 0 Å². The second-order valence-electron chi connectivity index (χ2n) is 7.23. The number of ether oxygens (including phenoxy) is 1. The molecule has 2 aliphatic rings. The molecule has 5 heteroatoms. The van der Waals surface area contributed by atoms with Gasteiger partial charge in [-0.05, 0) is 37.6 Å². The number of carbonyl (C=O) groups is 1. The van der Waals surface area contributed by atoms with E-state index in [1.807, 2.05) is 18.2 Å². The van der Waals surface area contributed by atoms with Gasteiger partial charge in [-0.3, -0.25) is 9.78 Å². The zero-order valence-electron chi connectivity index (χ0n) is 15.1. The van der Waals surface area contributed by atoms with E-state index in [2.05, 4.69) is 28.2 Å². The van der Waals surface area contributed by atoms with E-state index in [4.69, 9.17) is 4.74 Å². The first-order valence-electron chi connectivity index (χ1n) is 9.40. The largest absolute Gasteiger partial charge is 0.487 e. The van der Waals surface area contributed by atoms with Crippen LogP contribution in [0.4, 0.5) is 0 Å². The molecule has 1 fully saturated rings. The number of nitrogens with zero attached hydrogens (tertiary/aromatic N) is 2. The van der Waals surface area contributed by atoms with Crippen LogP contribution in [-0.4, -0.2) is 41.0 Å². The number of amides is 1. The Kier molecular flexibility index (Phi) is 4.64. The summed E-state index contributed by atoms with van der Waals surface area (Å²) in [7, 11) is 0. The Hall–Kier alpha value is -2.40. The van der Waals surface area contributed by atoms with E-state index in [1.165, 1.54) is 0 Å². The van der Waals surface area contributed by atoms with Gasteiger partial charge >= 0.3 is 0 Å². The van der Waals surface area contributed by atoms with Gasteiger partial charge in [0.05, 0.1) is 11.6 Å². The Morgan fingerprint density at radius 2 is 2.08 bits per heavy atom. The average molecular weight is 351 g/mol. The molecular weight excluding hydrogens is 326 g/mol. The third kappa shape index (κ3) is 3.31. The van der Waals surface area contributed by atoms with Crippen molar-refractivity contribution in [2.24, 2.45) is 0 Å². The molecule has 1 N–H and O–H groups in total. The molecule has 4 rings (SSSR count). The van der Waals surface area contributed by atoms with Gasteiger partial charge in [0.15, 0.2) is 0 Å². The Bertz CT molecular complexity index is 770. The minimum atomic E-state index is -0.188. The summed E-state index contributed by atoms with van der Waals surface area (Å²) in [6.07, 6.45) is 6.09. The van der Waals surface area contributed by atoms with Crippen molar-refractivity contribution in [2.75, 3.05) is 19.6 Å². The minimum Gasteiger partial charge on any atom is -0.487 e. The van der Waals surface area contributed by atoms with E-state index in [1.54, 1.807) is 24.5 Å². The summed E-state index contributed by atoms with van der Waals surface area (Å²) in [5, 5.41) is 3.22. The zero-order valence-corrected chi connectivity index (χ0v) is 15.1. The van der Waals surface area contributed by atoms with E-state index < -0.39 is 0 Å². The van der Waals surface area contributed by atoms with Crippen LogP contribution in [0.1, 0.15) is 48.1 Å². The second-order valence-corrected chi connectivity index (χ2v) is 7.23. The average Bonchev–Trinajstić information content (AvgIpc) is 2.69. The topological polar surface area (TPSA) is 54.5 Å². The van der Waals surface area contributed by atoms with Gasteiger partial charge in [0, 0.05) is 37.5 Å². The highest BCUT2D eigenvalue weighted by Crippen LogP contribution is 2.44. The normalized spacial score (nSPS) is 21.7. The molecule has 1 unspecified atom stereocenters. The molecule has 2 aromatic rings. The number of hydrogen-bond donors (Lipinski definition) is 1. The van der Waals surface area contributed by atoms with Crippen LogP contribution in [0.5, 0.6) is 5.75 Å². The first-order chi connectivity index (χ1) is 12.7. The third-order valence-electron chi connectivity index (χ3n) is 5.64. The lowest BCUT2D eigenvalue weighted by Gasteiger charge is -2.46. The van der Waals surface area contributed by atoms with Gasteiger partial charge in [0.2, 0.25) is 0 Å². The van der Waals surface area contributed by atoms with Crippen molar-refractivity contribution < 1.29 is 9.53 Å². The second kappa shape index (κ2) is 7.08. The maximum Gasteiger partial charge on any atom is 0.253 e. The fourth-order valence-electron chi connectivity index (χ4n) is 4.07. The van der Waals surface area contributed by atoms with Crippen LogP contribution >= 0.6 is 0 Å². The van der Waals surface area contributed by atoms with E-state index in [0.717, 1.165) is 50.2 Å². The standard InChI is InChI=1S/C21H25N3O2/c1-2-24-12-9-21(10-13-24)14-18(17-7-3-4-8-19(17)26-21)23-20(25)16-6-5-11-22-15-16/h3-8,11,15,18H,2,9-10,12-14H2,1H3,(H,23,25). The van der Waals surface area contributed by atoms with Crippen molar-refractivity contribution in [3.8, 4) is 5.75 Å². The zero-order chi connectivity index (χ0) is 18.0. The van der Waals surface area contributed by atoms with Crippen molar-refractivity contribution in [3.63, 3.8) is 0 Å². The van der Waals surface area contributed by atoms with Crippen LogP contribution in [0.25, 0.3) is 0 Å². The molecule has 1 spiro atoms. The highest BCUT2D eigenvalue weighted by molar-refractivity contribution is 5.94. The molecule has 2 aliphatic heterocycles. The number of fused-ring (bicyclic) bond motifs is 1. The molecule has 0 aliphatic carbocycles. The number of piperidine rings is 1. The molecule has 136 valence electrons. The lowest BCUT2D eigenvalue weighted by Crippen LogP contribution is -2.52. The molecule has 1 aromatic carbocycles. The Morgan fingerprint density at radius 3 is 2.81 bits per heavy atom. The monoisotopic (exact) mass is 351 g/mol. The quantitative estimate of drug-likeness (QED) is 0.923. The molecule has 26 heavy (non-hydrogen) atoms. The first-order valence-corrected chi connectivity index (χ1v) is 9.40. The Balaban J connectivity index is 1.58. The number of carbonyl (C=O) groups excluding carboxylic acids is 1. The number of para-hydroxylation sites is 1. The van der Waals surface area contributed by atoms with Crippen molar-refractivity contribution in [1.82, 2.24) is 15.2 Å². The Labute approximate surface area is 154 Å². The molecule has 0 bridgehead atoms. The summed E-state index contributed by atoms with van der Waals surface area (Å²) in [6.45, 7) is 5.36. The molecular formula is C21H25N3O2. The van der Waals surface area contributed by atoms with E-state index in [-0.39, 0.29) is 17.6 Å². The summed E-state index contributed by atoms with van der Waals surface area (Å²) in [4.78, 5) is 19.2. The molecule has 1 saturated heterocycles. The number of nitrogens with one attached hydrogen (secondary N) is 1. The maximum absolute atomic E-state index is 12.7. The van der Waals surface area contributed by atoms with E-state index >= 15 is 0 Å². The number of rotatable bonds is 3. The van der Waals surface area contributed by atoms with Gasteiger partial charge in [-0.1, -0.05) is 25.1 Å². The van der Waals surface area contributed by atoms with Gasteiger partial charge in [-0.15, -0.1) is 0 Å². The third-order valence-corrected chi connectivity index (χ3v) is 5.64. The fraction of sp³-hybridized carbons (Fsp3) is 0.429. The SMILES string of the molecule is CCN1CCC2(CC1)CC(NC(=O)c1cccnc1)c1ccccc1O2. The number of benzene rings is 1. The number of aromatic nitrogens is 1. The minimum absolute atomic E-state index is 0.0409. The van der Waals surface area contributed by atoms with Crippen LogP contribution < -0.4 is 10.1 Å². The van der Waals surface area contributed by atoms with Gasteiger partial charge in [-0.25, -0.2) is 0 Å². The van der Waals surface area contributed by atoms with Gasteiger partial charge in [0.1, 0.15) is 11.4 Å². The predicted molar refractivity (Wildman–Crippen MR) is 100 cm³/mol. The molecule has 3 heterocycles. The maximum atomic E-state index is 12.7. The van der Waals surface area contributed by atoms with Gasteiger partial charge in [-0.2, -0.15) is 0 Å². The molecule has 1 aromatic heterocycles. The lowest BCUT2D eigenvalue weighted by atomic mass is 9.80. The summed E-state index contributed by atoms with van der Waals surface area (Å²) in [5.41, 5.74) is 1.46. The lowest BCUT2D eigenvalue weighted by molar-refractivity contribution is -0.0235. The highest BCUT2D eigenvalue weighted by Gasteiger charge is 2.43. The van der Waals surface area contributed by atoms with Crippen LogP contribution in [-0.2, 0) is 0 Å². The van der Waals surface area contributed by atoms with Gasteiger partial charge < -0.3 is 15.0 Å². The smallest absolute Gasteiger partial charge is 0.253 e.